The molecule has 0 saturated carbocycles. The molecule has 0 bridgehead atoms. The molecule has 1 aromatic rings. The van der Waals surface area contributed by atoms with Crippen LogP contribution >= 0.6 is 12.2 Å². The molecular weight excluding hydrogens is 296 g/mol. The van der Waals surface area contributed by atoms with Crippen molar-refractivity contribution in [3.05, 3.63) is 29.3 Å². The summed E-state index contributed by atoms with van der Waals surface area (Å²) in [6.45, 7) is 9.97. The van der Waals surface area contributed by atoms with E-state index in [1.807, 2.05) is 13.8 Å². The highest BCUT2D eigenvalue weighted by Gasteiger charge is 2.11. The molecule has 0 fully saturated rings. The van der Waals surface area contributed by atoms with Crippen molar-refractivity contribution < 1.29 is 9.47 Å². The molecule has 2 N–H and O–H groups in total. The Morgan fingerprint density at radius 1 is 1.05 bits per heavy atom. The monoisotopic (exact) mass is 324 g/mol. The normalized spacial score (nSPS) is 10.8. The highest BCUT2D eigenvalue weighted by Crippen LogP contribution is 2.22. The largest absolute Gasteiger partial charge is 0.357 e. The first-order chi connectivity index (χ1) is 10.7. The fourth-order valence-electron chi connectivity index (χ4n) is 2.27. The second kappa shape index (κ2) is 10.5. The Morgan fingerprint density at radius 3 is 2.05 bits per heavy atom. The SMILES string of the molecule is CCOC(CNC(=S)Nc1c(CC)cccc1CC)OCC. The van der Waals surface area contributed by atoms with Crippen molar-refractivity contribution in [2.75, 3.05) is 25.1 Å². The fourth-order valence-corrected chi connectivity index (χ4v) is 2.46. The quantitative estimate of drug-likeness (QED) is 0.537. The lowest BCUT2D eigenvalue weighted by Gasteiger charge is -2.20. The van der Waals surface area contributed by atoms with Gasteiger partial charge >= 0.3 is 0 Å². The molecule has 0 heterocycles. The van der Waals surface area contributed by atoms with Crippen LogP contribution in [-0.2, 0) is 22.3 Å². The number of thiocarbonyl (C=S) groups is 1. The van der Waals surface area contributed by atoms with Crippen LogP contribution in [-0.4, -0.2) is 31.2 Å². The van der Waals surface area contributed by atoms with E-state index in [4.69, 9.17) is 21.7 Å². The molecule has 4 nitrogen and oxygen atoms in total. The number of para-hydroxylation sites is 1. The number of hydrogen-bond donors (Lipinski definition) is 2. The van der Waals surface area contributed by atoms with Crippen molar-refractivity contribution in [2.45, 2.75) is 46.8 Å². The molecule has 1 aromatic carbocycles. The molecule has 0 radical (unpaired) electrons. The molecule has 0 aliphatic carbocycles. The second-order valence-electron chi connectivity index (χ2n) is 4.83. The lowest BCUT2D eigenvalue weighted by atomic mass is 10.0. The second-order valence-corrected chi connectivity index (χ2v) is 5.24. The minimum atomic E-state index is -0.276. The van der Waals surface area contributed by atoms with Crippen LogP contribution < -0.4 is 10.6 Å². The van der Waals surface area contributed by atoms with Gasteiger partial charge in [-0.1, -0.05) is 32.0 Å². The van der Waals surface area contributed by atoms with Gasteiger partial charge in [0.05, 0.1) is 6.54 Å². The zero-order valence-corrected chi connectivity index (χ0v) is 14.9. The fraction of sp³-hybridized carbons (Fsp3) is 0.588. The summed E-state index contributed by atoms with van der Waals surface area (Å²) >= 11 is 5.40. The van der Waals surface area contributed by atoms with Crippen LogP contribution in [0.2, 0.25) is 0 Å². The lowest BCUT2D eigenvalue weighted by Crippen LogP contribution is -2.38. The van der Waals surface area contributed by atoms with Gasteiger partial charge in [-0.05, 0) is 50.0 Å². The Bertz CT molecular complexity index is 438. The highest BCUT2D eigenvalue weighted by molar-refractivity contribution is 7.80. The van der Waals surface area contributed by atoms with Gasteiger partial charge in [-0.25, -0.2) is 0 Å². The first-order valence-corrected chi connectivity index (χ1v) is 8.45. The van der Waals surface area contributed by atoms with Gasteiger partial charge in [0.25, 0.3) is 0 Å². The average Bonchev–Trinajstić information content (AvgIpc) is 2.53. The third kappa shape index (κ3) is 5.91. The standard InChI is InChI=1S/C17H28N2O2S/c1-5-13-10-9-11-14(6-2)16(13)19-17(22)18-12-15(20-7-3)21-8-4/h9-11,15H,5-8,12H2,1-4H3,(H2,18,19,22). The Balaban J connectivity index is 2.65. The van der Waals surface area contributed by atoms with Crippen molar-refractivity contribution in [3.63, 3.8) is 0 Å². The van der Waals surface area contributed by atoms with Crippen molar-refractivity contribution >= 4 is 23.0 Å². The predicted octanol–water partition coefficient (Wildman–Crippen LogP) is 3.50. The van der Waals surface area contributed by atoms with Crippen LogP contribution in [0.15, 0.2) is 18.2 Å². The smallest absolute Gasteiger partial charge is 0.174 e. The van der Waals surface area contributed by atoms with Gasteiger partial charge in [0.2, 0.25) is 0 Å². The number of benzene rings is 1. The van der Waals surface area contributed by atoms with Crippen LogP contribution in [0.1, 0.15) is 38.8 Å². The molecule has 1 rings (SSSR count). The maximum atomic E-state index is 5.50. The van der Waals surface area contributed by atoms with Gasteiger partial charge in [0, 0.05) is 18.9 Å². The summed E-state index contributed by atoms with van der Waals surface area (Å²) in [6, 6.07) is 6.36. The Morgan fingerprint density at radius 2 is 1.59 bits per heavy atom. The first-order valence-electron chi connectivity index (χ1n) is 8.04. The summed E-state index contributed by atoms with van der Waals surface area (Å²) in [7, 11) is 0. The van der Waals surface area contributed by atoms with E-state index < -0.39 is 0 Å². The predicted molar refractivity (Wildman–Crippen MR) is 96.5 cm³/mol. The van der Waals surface area contributed by atoms with E-state index in [0.29, 0.717) is 24.9 Å². The van der Waals surface area contributed by atoms with Crippen molar-refractivity contribution in [1.82, 2.24) is 5.32 Å². The first kappa shape index (κ1) is 18.9. The zero-order valence-electron chi connectivity index (χ0n) is 14.1. The van der Waals surface area contributed by atoms with E-state index in [1.165, 1.54) is 11.1 Å². The molecule has 0 amide bonds. The zero-order chi connectivity index (χ0) is 16.4. The van der Waals surface area contributed by atoms with Crippen molar-refractivity contribution in [1.29, 1.82) is 0 Å². The van der Waals surface area contributed by atoms with Crippen LogP contribution in [0.4, 0.5) is 5.69 Å². The summed E-state index contributed by atoms with van der Waals surface area (Å²) < 4.78 is 11.0. The van der Waals surface area contributed by atoms with E-state index in [9.17, 15) is 0 Å². The summed E-state index contributed by atoms with van der Waals surface area (Å²) in [5, 5.41) is 7.10. The number of ether oxygens (including phenoxy) is 2. The molecule has 22 heavy (non-hydrogen) atoms. The van der Waals surface area contributed by atoms with Crippen LogP contribution in [0.3, 0.4) is 0 Å². The summed E-state index contributed by atoms with van der Waals surface area (Å²) in [5.74, 6) is 0. The third-order valence-electron chi connectivity index (χ3n) is 3.37. The molecular formula is C17H28N2O2S. The van der Waals surface area contributed by atoms with E-state index in [-0.39, 0.29) is 6.29 Å². The Hall–Kier alpha value is -1.17. The summed E-state index contributed by atoms with van der Waals surface area (Å²) in [4.78, 5) is 0. The lowest BCUT2D eigenvalue weighted by molar-refractivity contribution is -0.130. The van der Waals surface area contributed by atoms with E-state index in [0.717, 1.165) is 18.5 Å². The highest BCUT2D eigenvalue weighted by atomic mass is 32.1. The maximum absolute atomic E-state index is 5.50. The molecule has 0 aliphatic heterocycles. The molecule has 0 spiro atoms. The molecule has 124 valence electrons. The average molecular weight is 324 g/mol. The Labute approximate surface area is 139 Å². The van der Waals surface area contributed by atoms with Gasteiger partial charge in [0.1, 0.15) is 0 Å². The molecule has 0 aromatic heterocycles. The molecule has 0 saturated heterocycles. The van der Waals surface area contributed by atoms with Gasteiger partial charge in [0.15, 0.2) is 11.4 Å². The van der Waals surface area contributed by atoms with Crippen LogP contribution in [0.5, 0.6) is 0 Å². The minimum Gasteiger partial charge on any atom is -0.357 e. The number of hydrogen-bond acceptors (Lipinski definition) is 3. The van der Waals surface area contributed by atoms with Gasteiger partial charge in [-0.2, -0.15) is 0 Å². The number of nitrogens with one attached hydrogen (secondary N) is 2. The Kier molecular flexibility index (Phi) is 9.04. The molecule has 0 unspecified atom stereocenters. The van der Waals surface area contributed by atoms with E-state index in [2.05, 4.69) is 42.7 Å². The van der Waals surface area contributed by atoms with E-state index in [1.54, 1.807) is 0 Å². The summed E-state index contributed by atoms with van der Waals surface area (Å²) in [6.07, 6.45) is 1.67. The van der Waals surface area contributed by atoms with Crippen molar-refractivity contribution in [2.24, 2.45) is 0 Å². The topological polar surface area (TPSA) is 42.5 Å². The van der Waals surface area contributed by atoms with Gasteiger partial charge in [-0.15, -0.1) is 0 Å². The van der Waals surface area contributed by atoms with Crippen molar-refractivity contribution in [3.8, 4) is 0 Å². The maximum Gasteiger partial charge on any atom is 0.174 e. The molecule has 0 atom stereocenters. The molecule has 0 aliphatic rings. The molecule has 5 heteroatoms. The van der Waals surface area contributed by atoms with Gasteiger partial charge in [-0.3, -0.25) is 0 Å². The number of rotatable bonds is 9. The number of aryl methyl sites for hydroxylation is 2. The van der Waals surface area contributed by atoms with E-state index >= 15 is 0 Å². The minimum absolute atomic E-state index is 0.276. The van der Waals surface area contributed by atoms with Crippen LogP contribution in [0, 0.1) is 0 Å². The summed E-state index contributed by atoms with van der Waals surface area (Å²) in [5.41, 5.74) is 3.67. The van der Waals surface area contributed by atoms with Gasteiger partial charge < -0.3 is 20.1 Å². The third-order valence-corrected chi connectivity index (χ3v) is 3.62. The number of anilines is 1. The van der Waals surface area contributed by atoms with Crippen LogP contribution in [0.25, 0.3) is 0 Å².